The summed E-state index contributed by atoms with van der Waals surface area (Å²) < 4.78 is 5.49. The number of ether oxygens (including phenoxy) is 1. The second kappa shape index (κ2) is 9.19. The topological polar surface area (TPSA) is 49.8 Å². The van der Waals surface area contributed by atoms with E-state index < -0.39 is 0 Å². The summed E-state index contributed by atoms with van der Waals surface area (Å²) in [4.78, 5) is 11.7. The van der Waals surface area contributed by atoms with Crippen LogP contribution in [-0.4, -0.2) is 29.2 Å². The zero-order chi connectivity index (χ0) is 17.5. The van der Waals surface area contributed by atoms with Crippen LogP contribution in [0.4, 0.5) is 0 Å². The molecule has 3 heteroatoms. The molecule has 2 atom stereocenters. The van der Waals surface area contributed by atoms with E-state index in [9.17, 15) is 4.79 Å². The quantitative estimate of drug-likeness (QED) is 0.366. The number of carbonyl (C=O) groups is 1. The van der Waals surface area contributed by atoms with Crippen LogP contribution in [-0.2, 0) is 9.53 Å². The number of aliphatic hydroxyl groups is 1. The Hall–Kier alpha value is -1.19. The zero-order valence-corrected chi connectivity index (χ0v) is 15.3. The summed E-state index contributed by atoms with van der Waals surface area (Å²) in [5.74, 6) is 0.183. The molecule has 23 heavy (non-hydrogen) atoms. The van der Waals surface area contributed by atoms with Crippen LogP contribution >= 0.6 is 0 Å². The molecule has 1 aliphatic heterocycles. The van der Waals surface area contributed by atoms with Crippen molar-refractivity contribution in [3.05, 3.63) is 34.9 Å². The van der Waals surface area contributed by atoms with Crippen molar-refractivity contribution < 1.29 is 14.6 Å². The first-order valence-corrected chi connectivity index (χ1v) is 8.54. The SMILES string of the molecule is CC(C)=CC(=O)C/C(C)=C/CC/C(C)=C/CC[C@]1(C)O[C@H]1CO. The molecule has 0 amide bonds. The first-order valence-electron chi connectivity index (χ1n) is 8.54. The first kappa shape index (κ1) is 19.9. The molecule has 0 radical (unpaired) electrons. The van der Waals surface area contributed by atoms with Crippen LogP contribution in [0.5, 0.6) is 0 Å². The Morgan fingerprint density at radius 1 is 1.13 bits per heavy atom. The Kier molecular flexibility index (Phi) is 7.93. The zero-order valence-electron chi connectivity index (χ0n) is 15.3. The van der Waals surface area contributed by atoms with Crippen molar-refractivity contribution in [3.8, 4) is 0 Å². The van der Waals surface area contributed by atoms with Gasteiger partial charge in [-0.25, -0.2) is 0 Å². The molecular weight excluding hydrogens is 288 g/mol. The molecule has 0 aromatic carbocycles. The van der Waals surface area contributed by atoms with Crippen LogP contribution in [0.1, 0.15) is 66.7 Å². The van der Waals surface area contributed by atoms with Crippen LogP contribution in [0.15, 0.2) is 34.9 Å². The third-order valence-corrected chi connectivity index (χ3v) is 4.27. The van der Waals surface area contributed by atoms with Gasteiger partial charge >= 0.3 is 0 Å². The number of ketones is 1. The fourth-order valence-electron chi connectivity index (χ4n) is 2.71. The highest BCUT2D eigenvalue weighted by atomic mass is 16.6. The number of carbonyl (C=O) groups excluding carboxylic acids is 1. The van der Waals surface area contributed by atoms with E-state index >= 15 is 0 Å². The molecule has 1 rings (SSSR count). The van der Waals surface area contributed by atoms with Crippen molar-refractivity contribution in [2.24, 2.45) is 0 Å². The van der Waals surface area contributed by atoms with Gasteiger partial charge in [0.2, 0.25) is 0 Å². The molecule has 1 saturated heterocycles. The second-order valence-electron chi connectivity index (χ2n) is 7.14. The minimum atomic E-state index is -0.118. The average molecular weight is 320 g/mol. The maximum absolute atomic E-state index is 11.7. The summed E-state index contributed by atoms with van der Waals surface area (Å²) in [6.07, 6.45) is 10.6. The van der Waals surface area contributed by atoms with Crippen molar-refractivity contribution in [3.63, 3.8) is 0 Å². The fourth-order valence-corrected chi connectivity index (χ4v) is 2.71. The average Bonchev–Trinajstić information content (AvgIpc) is 3.08. The third kappa shape index (κ3) is 7.76. The summed E-state index contributed by atoms with van der Waals surface area (Å²) in [6.45, 7) is 10.2. The second-order valence-corrected chi connectivity index (χ2v) is 7.14. The van der Waals surface area contributed by atoms with Gasteiger partial charge < -0.3 is 9.84 Å². The van der Waals surface area contributed by atoms with Crippen LogP contribution in [0.25, 0.3) is 0 Å². The van der Waals surface area contributed by atoms with E-state index in [1.807, 2.05) is 20.8 Å². The van der Waals surface area contributed by atoms with Crippen LogP contribution in [0, 0.1) is 0 Å². The lowest BCUT2D eigenvalue weighted by molar-refractivity contribution is -0.114. The third-order valence-electron chi connectivity index (χ3n) is 4.27. The number of allylic oxidation sites excluding steroid dienone is 6. The van der Waals surface area contributed by atoms with E-state index in [-0.39, 0.29) is 24.1 Å². The van der Waals surface area contributed by atoms with Gasteiger partial charge in [0, 0.05) is 6.42 Å². The Bertz CT molecular complexity index is 495. The maximum Gasteiger partial charge on any atom is 0.159 e. The normalized spacial score (nSPS) is 24.5. The van der Waals surface area contributed by atoms with Crippen molar-refractivity contribution in [1.29, 1.82) is 0 Å². The minimum Gasteiger partial charge on any atom is -0.394 e. The van der Waals surface area contributed by atoms with Crippen LogP contribution in [0.2, 0.25) is 0 Å². The van der Waals surface area contributed by atoms with E-state index in [4.69, 9.17) is 9.84 Å². The highest BCUT2D eigenvalue weighted by Gasteiger charge is 2.50. The van der Waals surface area contributed by atoms with Crippen molar-refractivity contribution in [2.75, 3.05) is 6.61 Å². The summed E-state index contributed by atoms with van der Waals surface area (Å²) in [6, 6.07) is 0. The Labute approximate surface area is 141 Å². The number of epoxide rings is 1. The number of aliphatic hydroxyl groups excluding tert-OH is 1. The Morgan fingerprint density at radius 3 is 2.35 bits per heavy atom. The molecule has 1 N–H and O–H groups in total. The van der Waals surface area contributed by atoms with E-state index in [1.54, 1.807) is 6.08 Å². The van der Waals surface area contributed by atoms with Gasteiger partial charge in [0.1, 0.15) is 6.10 Å². The van der Waals surface area contributed by atoms with E-state index in [2.05, 4.69) is 26.0 Å². The van der Waals surface area contributed by atoms with Gasteiger partial charge in [-0.05, 0) is 66.4 Å². The summed E-state index contributed by atoms with van der Waals surface area (Å²) >= 11 is 0. The number of rotatable bonds is 10. The van der Waals surface area contributed by atoms with Crippen LogP contribution in [0.3, 0.4) is 0 Å². The molecule has 0 aliphatic carbocycles. The van der Waals surface area contributed by atoms with Gasteiger partial charge in [0.15, 0.2) is 5.78 Å². The first-order chi connectivity index (χ1) is 10.8. The molecule has 0 spiro atoms. The Morgan fingerprint density at radius 2 is 1.78 bits per heavy atom. The van der Waals surface area contributed by atoms with Crippen LogP contribution < -0.4 is 0 Å². The van der Waals surface area contributed by atoms with E-state index in [1.165, 1.54) is 5.57 Å². The molecule has 1 aliphatic rings. The molecule has 0 aromatic heterocycles. The molecule has 130 valence electrons. The standard InChI is InChI=1S/C20H32O3/c1-15(2)12-18(22)13-17(4)9-6-8-16(3)10-7-11-20(5)19(14-21)23-20/h9-10,12,19,21H,6-8,11,13-14H2,1-5H3/b16-10+,17-9+/t19-,20-/m0/s1. The molecule has 0 unspecified atom stereocenters. The van der Waals surface area contributed by atoms with Crippen molar-refractivity contribution in [1.82, 2.24) is 0 Å². The fraction of sp³-hybridized carbons (Fsp3) is 0.650. The molecule has 0 aromatic rings. The van der Waals surface area contributed by atoms with E-state index in [0.29, 0.717) is 6.42 Å². The lowest BCUT2D eigenvalue weighted by atomic mass is 10.00. The van der Waals surface area contributed by atoms with Gasteiger partial charge in [-0.1, -0.05) is 28.9 Å². The highest BCUT2D eigenvalue weighted by Crippen LogP contribution is 2.39. The molecule has 0 bridgehead atoms. The van der Waals surface area contributed by atoms with Crippen molar-refractivity contribution >= 4 is 5.78 Å². The number of hydrogen-bond donors (Lipinski definition) is 1. The number of hydrogen-bond acceptors (Lipinski definition) is 3. The van der Waals surface area contributed by atoms with Gasteiger partial charge in [-0.15, -0.1) is 0 Å². The molecule has 0 saturated carbocycles. The predicted molar refractivity (Wildman–Crippen MR) is 95.4 cm³/mol. The Balaban J connectivity index is 2.25. The predicted octanol–water partition coefficient (Wildman–Crippen LogP) is 4.51. The maximum atomic E-state index is 11.7. The summed E-state index contributed by atoms with van der Waals surface area (Å²) in [5, 5.41) is 9.05. The lowest BCUT2D eigenvalue weighted by Gasteiger charge is -2.04. The van der Waals surface area contributed by atoms with Gasteiger partial charge in [-0.2, -0.15) is 0 Å². The van der Waals surface area contributed by atoms with E-state index in [0.717, 1.165) is 36.8 Å². The molecule has 1 fully saturated rings. The minimum absolute atomic E-state index is 0.0279. The molecule has 3 nitrogen and oxygen atoms in total. The largest absolute Gasteiger partial charge is 0.394 e. The monoisotopic (exact) mass is 320 g/mol. The smallest absolute Gasteiger partial charge is 0.159 e. The summed E-state index contributed by atoms with van der Waals surface area (Å²) in [5.41, 5.74) is 3.45. The lowest BCUT2D eigenvalue weighted by Crippen LogP contribution is -2.11. The molecular formula is C20H32O3. The molecule has 1 heterocycles. The highest BCUT2D eigenvalue weighted by molar-refractivity contribution is 5.91. The van der Waals surface area contributed by atoms with Crippen molar-refractivity contribution in [2.45, 2.75) is 78.4 Å². The van der Waals surface area contributed by atoms with Gasteiger partial charge in [0.25, 0.3) is 0 Å². The van der Waals surface area contributed by atoms with Gasteiger partial charge in [0.05, 0.1) is 12.2 Å². The van der Waals surface area contributed by atoms with Gasteiger partial charge in [-0.3, -0.25) is 4.79 Å². The summed E-state index contributed by atoms with van der Waals surface area (Å²) in [7, 11) is 0.